The zero-order valence-electron chi connectivity index (χ0n) is 9.20. The summed E-state index contributed by atoms with van der Waals surface area (Å²) < 4.78 is 5.12. The molecule has 0 bridgehead atoms. The van der Waals surface area contributed by atoms with Gasteiger partial charge in [0.25, 0.3) is 0 Å². The molecule has 0 aliphatic heterocycles. The van der Waals surface area contributed by atoms with Gasteiger partial charge in [0.2, 0.25) is 5.91 Å². The Morgan fingerprint density at radius 2 is 2.29 bits per heavy atom. The van der Waals surface area contributed by atoms with E-state index in [4.69, 9.17) is 4.74 Å². The van der Waals surface area contributed by atoms with E-state index in [1.165, 1.54) is 11.1 Å². The molecule has 7 heteroatoms. The molecule has 0 spiro atoms. The highest BCUT2D eigenvalue weighted by molar-refractivity contribution is 5.91. The van der Waals surface area contributed by atoms with Crippen LogP contribution in [0.4, 0.5) is 5.69 Å². The van der Waals surface area contributed by atoms with Gasteiger partial charge in [-0.15, -0.1) is 10.2 Å². The lowest BCUT2D eigenvalue weighted by molar-refractivity contribution is -0.117. The second kappa shape index (κ2) is 5.06. The maximum Gasteiger partial charge on any atom is 0.248 e. The summed E-state index contributed by atoms with van der Waals surface area (Å²) >= 11 is 0. The van der Waals surface area contributed by atoms with Crippen LogP contribution in [0.15, 0.2) is 30.6 Å². The van der Waals surface area contributed by atoms with Crippen LogP contribution in [0.5, 0.6) is 5.75 Å². The van der Waals surface area contributed by atoms with Crippen LogP contribution in [0, 0.1) is 0 Å². The van der Waals surface area contributed by atoms with Gasteiger partial charge in [0, 0.05) is 0 Å². The Balaban J connectivity index is 2.03. The van der Waals surface area contributed by atoms with Crippen LogP contribution in [0.25, 0.3) is 0 Å². The van der Waals surface area contributed by atoms with Gasteiger partial charge in [0.05, 0.1) is 12.8 Å². The molecule has 1 aromatic heterocycles. The van der Waals surface area contributed by atoms with Crippen LogP contribution < -0.4 is 10.1 Å². The van der Waals surface area contributed by atoms with Crippen molar-refractivity contribution in [3.8, 4) is 5.75 Å². The van der Waals surface area contributed by atoms with Crippen LogP contribution >= 0.6 is 0 Å². The largest absolute Gasteiger partial charge is 0.495 e. The molecule has 0 saturated carbocycles. The molecule has 1 heterocycles. The molecule has 0 unspecified atom stereocenters. The lowest BCUT2D eigenvalue weighted by Crippen LogP contribution is -2.20. The highest BCUT2D eigenvalue weighted by Crippen LogP contribution is 2.22. The lowest BCUT2D eigenvalue weighted by atomic mass is 10.3. The first-order chi connectivity index (χ1) is 8.29. The molecule has 7 nitrogen and oxygen atoms in total. The molecule has 0 atom stereocenters. The predicted molar refractivity (Wildman–Crippen MR) is 59.4 cm³/mol. The second-order valence-electron chi connectivity index (χ2n) is 3.21. The average molecular weight is 233 g/mol. The van der Waals surface area contributed by atoms with Crippen LogP contribution in [0.1, 0.15) is 0 Å². The Bertz CT molecular complexity index is 497. The molecule has 0 fully saturated rings. The number of methoxy groups -OCH3 is 1. The average Bonchev–Trinajstić information content (AvgIpc) is 2.82. The molecule has 17 heavy (non-hydrogen) atoms. The van der Waals surface area contributed by atoms with Gasteiger partial charge in [0.15, 0.2) is 6.33 Å². The zero-order valence-corrected chi connectivity index (χ0v) is 9.20. The molecule has 1 aromatic carbocycles. The van der Waals surface area contributed by atoms with Crippen molar-refractivity contribution in [2.24, 2.45) is 0 Å². The number of amides is 1. The molecule has 0 radical (unpaired) electrons. The second-order valence-corrected chi connectivity index (χ2v) is 3.21. The third kappa shape index (κ3) is 2.77. The van der Waals surface area contributed by atoms with E-state index in [9.17, 15) is 4.79 Å². The molecule has 1 amide bonds. The zero-order chi connectivity index (χ0) is 12.1. The summed E-state index contributed by atoms with van der Waals surface area (Å²) in [5.74, 6) is 0.361. The van der Waals surface area contributed by atoms with Crippen LogP contribution in [-0.4, -0.2) is 33.2 Å². The number of tetrazole rings is 1. The normalized spacial score (nSPS) is 9.94. The van der Waals surface area contributed by atoms with Crippen molar-refractivity contribution in [2.45, 2.75) is 6.54 Å². The number of carbonyl (C=O) groups excluding carboxylic acids is 1. The van der Waals surface area contributed by atoms with E-state index in [0.717, 1.165) is 0 Å². The fourth-order valence-corrected chi connectivity index (χ4v) is 1.33. The van der Waals surface area contributed by atoms with Crippen LogP contribution in [0.3, 0.4) is 0 Å². The molecule has 0 saturated heterocycles. The minimum absolute atomic E-state index is 0.0120. The molecule has 2 rings (SSSR count). The first kappa shape index (κ1) is 11.1. The maximum absolute atomic E-state index is 11.7. The summed E-state index contributed by atoms with van der Waals surface area (Å²) in [5.41, 5.74) is 0.611. The summed E-state index contributed by atoms with van der Waals surface area (Å²) in [4.78, 5) is 12.9. The van der Waals surface area contributed by atoms with Gasteiger partial charge in [-0.25, -0.2) is 0 Å². The lowest BCUT2D eigenvalue weighted by Gasteiger charge is -2.08. The van der Waals surface area contributed by atoms with Gasteiger partial charge in [0.1, 0.15) is 12.3 Å². The van der Waals surface area contributed by atoms with Gasteiger partial charge in [-0.2, -0.15) is 4.80 Å². The van der Waals surface area contributed by atoms with Crippen molar-refractivity contribution in [2.75, 3.05) is 12.4 Å². The van der Waals surface area contributed by atoms with Crippen molar-refractivity contribution >= 4 is 11.6 Å². The SMILES string of the molecule is COc1ccccc1NC(=O)Cn1ncnn1. The number of nitrogens with one attached hydrogen (secondary N) is 1. The number of hydrogen-bond donors (Lipinski definition) is 1. The van der Waals surface area contributed by atoms with E-state index in [2.05, 4.69) is 20.7 Å². The number of benzene rings is 1. The van der Waals surface area contributed by atoms with Crippen molar-refractivity contribution in [3.63, 3.8) is 0 Å². The fourth-order valence-electron chi connectivity index (χ4n) is 1.33. The Hall–Kier alpha value is -2.44. The fraction of sp³-hybridized carbons (Fsp3) is 0.200. The number of ether oxygens (including phenoxy) is 1. The first-order valence-corrected chi connectivity index (χ1v) is 4.93. The smallest absolute Gasteiger partial charge is 0.248 e. The monoisotopic (exact) mass is 233 g/mol. The van der Waals surface area contributed by atoms with Gasteiger partial charge < -0.3 is 10.1 Å². The Kier molecular flexibility index (Phi) is 3.29. The van der Waals surface area contributed by atoms with Crippen LogP contribution in [-0.2, 0) is 11.3 Å². The number of hydrogen-bond acceptors (Lipinski definition) is 5. The maximum atomic E-state index is 11.7. The summed E-state index contributed by atoms with van der Waals surface area (Å²) in [7, 11) is 1.55. The Labute approximate surface area is 97.4 Å². The van der Waals surface area contributed by atoms with Crippen molar-refractivity contribution in [3.05, 3.63) is 30.6 Å². The number of aromatic nitrogens is 4. The number of rotatable bonds is 4. The number of carbonyl (C=O) groups is 1. The Morgan fingerprint density at radius 1 is 1.47 bits per heavy atom. The van der Waals surface area contributed by atoms with Gasteiger partial charge in [-0.1, -0.05) is 12.1 Å². The van der Waals surface area contributed by atoms with E-state index >= 15 is 0 Å². The molecule has 2 aromatic rings. The summed E-state index contributed by atoms with van der Waals surface area (Å²) in [6.45, 7) is 0.0120. The first-order valence-electron chi connectivity index (χ1n) is 4.93. The van der Waals surface area contributed by atoms with Crippen molar-refractivity contribution < 1.29 is 9.53 Å². The number of para-hydroxylation sites is 2. The van der Waals surface area contributed by atoms with Gasteiger partial charge >= 0.3 is 0 Å². The molecular formula is C10H11N5O2. The summed E-state index contributed by atoms with van der Waals surface area (Å²) in [6.07, 6.45) is 1.27. The quantitative estimate of drug-likeness (QED) is 0.822. The highest BCUT2D eigenvalue weighted by Gasteiger charge is 2.08. The number of nitrogens with zero attached hydrogens (tertiary/aromatic N) is 4. The summed E-state index contributed by atoms with van der Waals surface area (Å²) in [5, 5.41) is 13.6. The standard InChI is InChI=1S/C10H11N5O2/c1-17-9-5-3-2-4-8(9)13-10(16)6-15-12-7-11-14-15/h2-5,7H,6H2,1H3,(H,13,16). The topological polar surface area (TPSA) is 81.9 Å². The summed E-state index contributed by atoms with van der Waals surface area (Å²) in [6, 6.07) is 7.16. The molecule has 1 N–H and O–H groups in total. The van der Waals surface area contributed by atoms with Crippen molar-refractivity contribution in [1.82, 2.24) is 20.2 Å². The van der Waals surface area contributed by atoms with E-state index in [0.29, 0.717) is 11.4 Å². The van der Waals surface area contributed by atoms with Gasteiger partial charge in [-0.3, -0.25) is 4.79 Å². The van der Waals surface area contributed by atoms with E-state index in [1.54, 1.807) is 19.2 Å². The Morgan fingerprint density at radius 3 is 3.00 bits per heavy atom. The highest BCUT2D eigenvalue weighted by atomic mass is 16.5. The van der Waals surface area contributed by atoms with E-state index < -0.39 is 0 Å². The third-order valence-corrected chi connectivity index (χ3v) is 2.06. The van der Waals surface area contributed by atoms with Crippen molar-refractivity contribution in [1.29, 1.82) is 0 Å². The predicted octanol–water partition coefficient (Wildman–Crippen LogP) is 0.320. The number of anilines is 1. The van der Waals surface area contributed by atoms with Gasteiger partial charge in [-0.05, 0) is 17.3 Å². The molecule has 88 valence electrons. The van der Waals surface area contributed by atoms with E-state index in [1.807, 2.05) is 12.1 Å². The molecule has 0 aliphatic carbocycles. The minimum Gasteiger partial charge on any atom is -0.495 e. The minimum atomic E-state index is -0.243. The van der Waals surface area contributed by atoms with Crippen LogP contribution in [0.2, 0.25) is 0 Å². The third-order valence-electron chi connectivity index (χ3n) is 2.06. The molecular weight excluding hydrogens is 222 g/mol. The van der Waals surface area contributed by atoms with E-state index in [-0.39, 0.29) is 12.5 Å². The molecule has 0 aliphatic rings.